The molecule has 132 valence electrons. The Balaban J connectivity index is 1.72. The monoisotopic (exact) mass is 352 g/mol. The number of sulfonamides is 1. The molecule has 0 spiro atoms. The number of ether oxygens (including phenoxy) is 1. The van der Waals surface area contributed by atoms with E-state index in [1.165, 1.54) is 10.4 Å². The van der Waals surface area contributed by atoms with Gasteiger partial charge in [-0.2, -0.15) is 4.31 Å². The summed E-state index contributed by atoms with van der Waals surface area (Å²) in [6, 6.07) is 6.40. The van der Waals surface area contributed by atoms with E-state index < -0.39 is 10.0 Å². The number of nitrogens with one attached hydrogen (secondary N) is 1. The van der Waals surface area contributed by atoms with Gasteiger partial charge in [-0.25, -0.2) is 8.42 Å². The summed E-state index contributed by atoms with van der Waals surface area (Å²) >= 11 is 0. The largest absolute Gasteiger partial charge is 0.384 e. The fourth-order valence-corrected chi connectivity index (χ4v) is 4.93. The molecule has 0 bridgehead atoms. The molecule has 2 aliphatic rings. The molecular weight excluding hydrogens is 328 g/mol. The maximum atomic E-state index is 12.5. The van der Waals surface area contributed by atoms with Crippen LogP contribution in [0.15, 0.2) is 29.2 Å². The Hall–Kier alpha value is -1.44. The predicted octanol–water partition coefficient (Wildman–Crippen LogP) is 1.63. The predicted molar refractivity (Wildman–Crippen MR) is 90.3 cm³/mol. The lowest BCUT2D eigenvalue weighted by Gasteiger charge is -2.29. The second-order valence-corrected chi connectivity index (χ2v) is 8.45. The minimum absolute atomic E-state index is 0.0908. The van der Waals surface area contributed by atoms with Gasteiger partial charge in [0.25, 0.3) is 5.91 Å². The molecule has 1 aromatic carbocycles. The number of methoxy groups -OCH3 is 1. The molecule has 1 N–H and O–H groups in total. The number of hydrogen-bond acceptors (Lipinski definition) is 4. The van der Waals surface area contributed by atoms with Gasteiger partial charge < -0.3 is 10.1 Å². The lowest BCUT2D eigenvalue weighted by atomic mass is 10.0. The number of amides is 1. The molecule has 0 radical (unpaired) electrons. The minimum Gasteiger partial charge on any atom is -0.384 e. The second-order valence-electron chi connectivity index (χ2n) is 6.51. The average molecular weight is 352 g/mol. The van der Waals surface area contributed by atoms with Crippen LogP contribution in [0.2, 0.25) is 0 Å². The zero-order valence-corrected chi connectivity index (χ0v) is 14.7. The van der Waals surface area contributed by atoms with Gasteiger partial charge >= 0.3 is 0 Å². The third kappa shape index (κ3) is 3.48. The highest BCUT2D eigenvalue weighted by Gasteiger charge is 2.31. The maximum absolute atomic E-state index is 12.5. The van der Waals surface area contributed by atoms with Crippen molar-refractivity contribution in [1.29, 1.82) is 0 Å². The Morgan fingerprint density at radius 3 is 2.75 bits per heavy atom. The van der Waals surface area contributed by atoms with Gasteiger partial charge in [0.2, 0.25) is 10.0 Å². The molecule has 1 amide bonds. The van der Waals surface area contributed by atoms with Crippen LogP contribution in [0.4, 0.5) is 0 Å². The first kappa shape index (κ1) is 17.4. The summed E-state index contributed by atoms with van der Waals surface area (Å²) in [6.45, 7) is 1.74. The fraction of sp³-hybridized carbons (Fsp3) is 0.588. The van der Waals surface area contributed by atoms with Crippen molar-refractivity contribution >= 4 is 15.9 Å². The van der Waals surface area contributed by atoms with Crippen molar-refractivity contribution in [1.82, 2.24) is 9.62 Å². The molecule has 6 nitrogen and oxygen atoms in total. The molecule has 3 rings (SSSR count). The van der Waals surface area contributed by atoms with Crippen molar-refractivity contribution in [3.05, 3.63) is 29.8 Å². The van der Waals surface area contributed by atoms with E-state index in [1.807, 2.05) is 0 Å². The SMILES string of the molecule is COC[C@@H]1CCC[C@@H]1NC(=O)c1cccc(S(=O)(=O)N2CCC2)c1. The number of hydrogen-bond donors (Lipinski definition) is 1. The Morgan fingerprint density at radius 2 is 2.08 bits per heavy atom. The van der Waals surface area contributed by atoms with Gasteiger partial charge in [-0.1, -0.05) is 12.5 Å². The highest BCUT2D eigenvalue weighted by molar-refractivity contribution is 7.89. The summed E-state index contributed by atoms with van der Waals surface area (Å²) in [4.78, 5) is 12.7. The molecule has 1 heterocycles. The van der Waals surface area contributed by atoms with Gasteiger partial charge in [0.15, 0.2) is 0 Å². The topological polar surface area (TPSA) is 75.7 Å². The third-order valence-electron chi connectivity index (χ3n) is 4.91. The van der Waals surface area contributed by atoms with E-state index in [0.717, 1.165) is 25.7 Å². The second kappa shape index (κ2) is 7.21. The van der Waals surface area contributed by atoms with Crippen LogP contribution in [-0.4, -0.2) is 51.5 Å². The van der Waals surface area contributed by atoms with E-state index in [2.05, 4.69) is 5.32 Å². The van der Waals surface area contributed by atoms with Crippen molar-refractivity contribution in [2.45, 2.75) is 36.6 Å². The lowest BCUT2D eigenvalue weighted by molar-refractivity contribution is 0.0898. The normalized spacial score (nSPS) is 24.5. The molecule has 1 saturated heterocycles. The highest BCUT2D eigenvalue weighted by Crippen LogP contribution is 2.26. The Kier molecular flexibility index (Phi) is 5.22. The van der Waals surface area contributed by atoms with E-state index in [-0.39, 0.29) is 16.8 Å². The van der Waals surface area contributed by atoms with Gasteiger partial charge in [0.05, 0.1) is 11.5 Å². The number of carbonyl (C=O) groups is 1. The van der Waals surface area contributed by atoms with Crippen LogP contribution in [0.25, 0.3) is 0 Å². The van der Waals surface area contributed by atoms with Crippen molar-refractivity contribution in [3.8, 4) is 0 Å². The third-order valence-corrected chi connectivity index (χ3v) is 6.80. The Bertz CT molecular complexity index is 700. The molecule has 2 fully saturated rings. The van der Waals surface area contributed by atoms with Gasteiger partial charge in [-0.3, -0.25) is 4.79 Å². The summed E-state index contributed by atoms with van der Waals surface area (Å²) in [5.74, 6) is 0.107. The summed E-state index contributed by atoms with van der Waals surface area (Å²) in [5, 5.41) is 3.04. The Labute approximate surface area is 143 Å². The molecule has 7 heteroatoms. The van der Waals surface area contributed by atoms with Crippen LogP contribution >= 0.6 is 0 Å². The summed E-state index contributed by atoms with van der Waals surface area (Å²) in [6.07, 6.45) is 3.94. The number of nitrogens with zero attached hydrogens (tertiary/aromatic N) is 1. The minimum atomic E-state index is -3.47. The van der Waals surface area contributed by atoms with Crippen LogP contribution in [0.5, 0.6) is 0 Å². The Morgan fingerprint density at radius 1 is 1.29 bits per heavy atom. The van der Waals surface area contributed by atoms with Crippen LogP contribution in [0.3, 0.4) is 0 Å². The van der Waals surface area contributed by atoms with E-state index in [9.17, 15) is 13.2 Å². The van der Waals surface area contributed by atoms with Gasteiger partial charge in [0.1, 0.15) is 0 Å². The number of carbonyl (C=O) groups excluding carboxylic acids is 1. The van der Waals surface area contributed by atoms with E-state index in [4.69, 9.17) is 4.74 Å². The fourth-order valence-electron chi connectivity index (χ4n) is 3.37. The summed E-state index contributed by atoms with van der Waals surface area (Å²) in [7, 11) is -1.80. The summed E-state index contributed by atoms with van der Waals surface area (Å²) < 4.78 is 31.6. The summed E-state index contributed by atoms with van der Waals surface area (Å²) in [5.41, 5.74) is 0.389. The van der Waals surface area contributed by atoms with Crippen LogP contribution in [0.1, 0.15) is 36.0 Å². The first-order chi connectivity index (χ1) is 11.5. The van der Waals surface area contributed by atoms with E-state index in [1.54, 1.807) is 25.3 Å². The van der Waals surface area contributed by atoms with Crippen LogP contribution < -0.4 is 5.32 Å². The van der Waals surface area contributed by atoms with Crippen LogP contribution in [0, 0.1) is 5.92 Å². The van der Waals surface area contributed by atoms with Crippen molar-refractivity contribution in [3.63, 3.8) is 0 Å². The van der Waals surface area contributed by atoms with Gasteiger partial charge in [-0.05, 0) is 37.5 Å². The van der Waals surface area contributed by atoms with Crippen LogP contribution in [-0.2, 0) is 14.8 Å². The first-order valence-electron chi connectivity index (χ1n) is 8.42. The average Bonchev–Trinajstić information content (AvgIpc) is 2.93. The molecule has 0 unspecified atom stereocenters. The first-order valence-corrected chi connectivity index (χ1v) is 9.86. The molecule has 2 atom stereocenters. The standard InChI is InChI=1S/C17H24N2O4S/c1-23-12-14-6-3-8-16(14)18-17(20)13-5-2-7-15(11-13)24(21,22)19-9-4-10-19/h2,5,7,11,14,16H,3-4,6,8-10,12H2,1H3,(H,18,20)/t14-,16-/m0/s1. The molecule has 1 saturated carbocycles. The highest BCUT2D eigenvalue weighted by atomic mass is 32.2. The van der Waals surface area contributed by atoms with E-state index in [0.29, 0.717) is 31.2 Å². The van der Waals surface area contributed by atoms with Crippen molar-refractivity contribution in [2.75, 3.05) is 26.8 Å². The quantitative estimate of drug-likeness (QED) is 0.844. The zero-order chi connectivity index (χ0) is 17.2. The van der Waals surface area contributed by atoms with Gasteiger partial charge in [-0.15, -0.1) is 0 Å². The molecule has 24 heavy (non-hydrogen) atoms. The van der Waals surface area contributed by atoms with E-state index >= 15 is 0 Å². The molecular formula is C17H24N2O4S. The van der Waals surface area contributed by atoms with Crippen molar-refractivity contribution in [2.24, 2.45) is 5.92 Å². The maximum Gasteiger partial charge on any atom is 0.251 e. The number of benzene rings is 1. The van der Waals surface area contributed by atoms with Crippen molar-refractivity contribution < 1.29 is 17.9 Å². The smallest absolute Gasteiger partial charge is 0.251 e. The molecule has 0 aromatic heterocycles. The molecule has 1 aliphatic carbocycles. The van der Waals surface area contributed by atoms with Gasteiger partial charge in [0, 0.05) is 37.7 Å². The molecule has 1 aliphatic heterocycles. The lowest BCUT2D eigenvalue weighted by Crippen LogP contribution is -2.42. The zero-order valence-electron chi connectivity index (χ0n) is 13.9. The number of rotatable bonds is 6. The molecule has 1 aromatic rings.